The topological polar surface area (TPSA) is 38.3 Å². The molecule has 0 radical (unpaired) electrons. The molecule has 3 heteroatoms. The maximum Gasteiger partial charge on any atom is 0.135 e. The fourth-order valence-electron chi connectivity index (χ4n) is 2.67. The molecule has 1 N–H and O–H groups in total. The van der Waals surface area contributed by atoms with Crippen LogP contribution in [0.3, 0.4) is 0 Å². The third-order valence-corrected chi connectivity index (χ3v) is 3.73. The number of rotatable bonds is 3. The van der Waals surface area contributed by atoms with Crippen LogP contribution in [0.4, 0.5) is 5.69 Å². The molecule has 0 aliphatic carbocycles. The van der Waals surface area contributed by atoms with Crippen molar-refractivity contribution in [2.24, 2.45) is 0 Å². The number of fused-ring (bicyclic) bond motifs is 3. The second kappa shape index (κ2) is 4.70. The van der Waals surface area contributed by atoms with Gasteiger partial charge in [0.1, 0.15) is 16.9 Å². The summed E-state index contributed by atoms with van der Waals surface area (Å²) in [7, 11) is 0. The maximum atomic E-state index is 5.84. The van der Waals surface area contributed by atoms with Crippen molar-refractivity contribution in [3.05, 3.63) is 66.6 Å². The Morgan fingerprint density at radius 2 is 1.76 bits per heavy atom. The summed E-state index contributed by atoms with van der Waals surface area (Å²) in [5, 5.41) is 5.72. The first kappa shape index (κ1) is 12.1. The number of para-hydroxylation sites is 1. The van der Waals surface area contributed by atoms with E-state index in [1.54, 1.807) is 6.26 Å². The molecule has 104 valence electrons. The predicted octanol–water partition coefficient (Wildman–Crippen LogP) is 5.35. The summed E-state index contributed by atoms with van der Waals surface area (Å²) in [6, 6.07) is 18.3. The molecule has 0 amide bonds. The minimum absolute atomic E-state index is 0.121. The second-order valence-electron chi connectivity index (χ2n) is 5.19. The predicted molar refractivity (Wildman–Crippen MR) is 84.5 cm³/mol. The molecule has 4 aromatic rings. The Morgan fingerprint density at radius 1 is 0.905 bits per heavy atom. The molecule has 0 saturated carbocycles. The minimum Gasteiger partial charge on any atom is -0.467 e. The summed E-state index contributed by atoms with van der Waals surface area (Å²) in [5.74, 6) is 0.923. The van der Waals surface area contributed by atoms with Gasteiger partial charge < -0.3 is 14.2 Å². The SMILES string of the molecule is CC(Nc1ccc2oc3ccccc3c2c1)c1ccco1. The molecule has 1 atom stereocenters. The highest BCUT2D eigenvalue weighted by molar-refractivity contribution is 6.05. The van der Waals surface area contributed by atoms with Gasteiger partial charge >= 0.3 is 0 Å². The standard InChI is InChI=1S/C18H15NO2/c1-12(16-7-4-10-20-16)19-13-8-9-18-15(11-13)14-5-2-3-6-17(14)21-18/h2-12,19H,1H3. The average Bonchev–Trinajstić information content (AvgIpc) is 3.14. The van der Waals surface area contributed by atoms with Crippen molar-refractivity contribution in [1.82, 2.24) is 0 Å². The van der Waals surface area contributed by atoms with E-state index in [2.05, 4.69) is 24.4 Å². The van der Waals surface area contributed by atoms with Gasteiger partial charge in [0.05, 0.1) is 12.3 Å². The molecule has 0 fully saturated rings. The molecule has 1 unspecified atom stereocenters. The molecule has 2 heterocycles. The van der Waals surface area contributed by atoms with Crippen molar-refractivity contribution < 1.29 is 8.83 Å². The highest BCUT2D eigenvalue weighted by atomic mass is 16.3. The molecular formula is C18H15NO2. The Kier molecular flexibility index (Phi) is 2.71. The Balaban J connectivity index is 1.74. The van der Waals surface area contributed by atoms with Gasteiger partial charge in [-0.3, -0.25) is 0 Å². The van der Waals surface area contributed by atoms with Crippen LogP contribution in [-0.4, -0.2) is 0 Å². The lowest BCUT2D eigenvalue weighted by Gasteiger charge is -2.12. The van der Waals surface area contributed by atoms with Crippen LogP contribution in [0.25, 0.3) is 21.9 Å². The van der Waals surface area contributed by atoms with Crippen LogP contribution < -0.4 is 5.32 Å². The quantitative estimate of drug-likeness (QED) is 0.548. The van der Waals surface area contributed by atoms with E-state index >= 15 is 0 Å². The van der Waals surface area contributed by atoms with E-state index in [0.29, 0.717) is 0 Å². The van der Waals surface area contributed by atoms with Gasteiger partial charge in [-0.15, -0.1) is 0 Å². The zero-order valence-electron chi connectivity index (χ0n) is 11.7. The van der Waals surface area contributed by atoms with Crippen molar-refractivity contribution in [1.29, 1.82) is 0 Å². The molecule has 2 aromatic carbocycles. The molecule has 0 saturated heterocycles. The Hall–Kier alpha value is -2.68. The highest BCUT2D eigenvalue weighted by Crippen LogP contribution is 2.31. The number of hydrogen-bond acceptors (Lipinski definition) is 3. The minimum atomic E-state index is 0.121. The Bertz CT molecular complexity index is 890. The molecule has 0 aliphatic rings. The number of hydrogen-bond donors (Lipinski definition) is 1. The molecule has 0 spiro atoms. The second-order valence-corrected chi connectivity index (χ2v) is 5.19. The fourth-order valence-corrected chi connectivity index (χ4v) is 2.67. The lowest BCUT2D eigenvalue weighted by Crippen LogP contribution is -2.05. The van der Waals surface area contributed by atoms with Gasteiger partial charge in [0.2, 0.25) is 0 Å². The van der Waals surface area contributed by atoms with E-state index in [1.165, 1.54) is 0 Å². The van der Waals surface area contributed by atoms with Crippen LogP contribution >= 0.6 is 0 Å². The highest BCUT2D eigenvalue weighted by Gasteiger charge is 2.10. The van der Waals surface area contributed by atoms with E-state index in [4.69, 9.17) is 8.83 Å². The molecular weight excluding hydrogens is 262 g/mol. The van der Waals surface area contributed by atoms with Crippen LogP contribution in [0.2, 0.25) is 0 Å². The normalized spacial score (nSPS) is 12.8. The van der Waals surface area contributed by atoms with E-state index in [1.807, 2.05) is 42.5 Å². The van der Waals surface area contributed by atoms with Gasteiger partial charge in [-0.05, 0) is 43.3 Å². The Labute approximate surface area is 122 Å². The lowest BCUT2D eigenvalue weighted by molar-refractivity contribution is 0.490. The average molecular weight is 277 g/mol. The fraction of sp³-hybridized carbons (Fsp3) is 0.111. The summed E-state index contributed by atoms with van der Waals surface area (Å²) in [5.41, 5.74) is 2.88. The largest absolute Gasteiger partial charge is 0.467 e. The van der Waals surface area contributed by atoms with Gasteiger partial charge in [0.25, 0.3) is 0 Å². The zero-order valence-corrected chi connectivity index (χ0v) is 11.7. The summed E-state index contributed by atoms with van der Waals surface area (Å²) in [6.45, 7) is 2.08. The third kappa shape index (κ3) is 2.07. The van der Waals surface area contributed by atoms with Crippen molar-refractivity contribution in [3.63, 3.8) is 0 Å². The smallest absolute Gasteiger partial charge is 0.135 e. The van der Waals surface area contributed by atoms with Crippen molar-refractivity contribution in [2.75, 3.05) is 5.32 Å². The summed E-state index contributed by atoms with van der Waals surface area (Å²) >= 11 is 0. The van der Waals surface area contributed by atoms with Crippen molar-refractivity contribution in [2.45, 2.75) is 13.0 Å². The lowest BCUT2D eigenvalue weighted by atomic mass is 10.1. The van der Waals surface area contributed by atoms with E-state index < -0.39 is 0 Å². The maximum absolute atomic E-state index is 5.84. The van der Waals surface area contributed by atoms with Crippen molar-refractivity contribution in [3.8, 4) is 0 Å². The van der Waals surface area contributed by atoms with Crippen LogP contribution in [0.1, 0.15) is 18.7 Å². The van der Waals surface area contributed by atoms with Gasteiger partial charge in [-0.1, -0.05) is 18.2 Å². The monoisotopic (exact) mass is 277 g/mol. The number of nitrogens with one attached hydrogen (secondary N) is 1. The molecule has 2 aromatic heterocycles. The summed E-state index contributed by atoms with van der Waals surface area (Å²) in [4.78, 5) is 0. The van der Waals surface area contributed by atoms with Crippen molar-refractivity contribution >= 4 is 27.6 Å². The molecule has 0 bridgehead atoms. The zero-order chi connectivity index (χ0) is 14.2. The molecule has 4 rings (SSSR count). The van der Waals surface area contributed by atoms with E-state index in [0.717, 1.165) is 33.4 Å². The van der Waals surface area contributed by atoms with Crippen LogP contribution in [0.5, 0.6) is 0 Å². The van der Waals surface area contributed by atoms with E-state index in [-0.39, 0.29) is 6.04 Å². The first-order chi connectivity index (χ1) is 10.3. The first-order valence-corrected chi connectivity index (χ1v) is 7.02. The molecule has 21 heavy (non-hydrogen) atoms. The number of anilines is 1. The summed E-state index contributed by atoms with van der Waals surface area (Å²) in [6.07, 6.45) is 1.69. The van der Waals surface area contributed by atoms with Crippen LogP contribution in [0, 0.1) is 0 Å². The first-order valence-electron chi connectivity index (χ1n) is 7.02. The van der Waals surface area contributed by atoms with E-state index in [9.17, 15) is 0 Å². The number of benzene rings is 2. The molecule has 0 aliphatic heterocycles. The van der Waals surface area contributed by atoms with Gasteiger partial charge in [0.15, 0.2) is 0 Å². The van der Waals surface area contributed by atoms with Gasteiger partial charge in [-0.25, -0.2) is 0 Å². The third-order valence-electron chi connectivity index (χ3n) is 3.73. The van der Waals surface area contributed by atoms with Crippen LogP contribution in [0.15, 0.2) is 69.7 Å². The Morgan fingerprint density at radius 3 is 2.62 bits per heavy atom. The number of furan rings is 2. The van der Waals surface area contributed by atoms with Crippen LogP contribution in [-0.2, 0) is 0 Å². The molecule has 3 nitrogen and oxygen atoms in total. The van der Waals surface area contributed by atoms with Gasteiger partial charge in [-0.2, -0.15) is 0 Å². The summed E-state index contributed by atoms with van der Waals surface area (Å²) < 4.78 is 11.3. The van der Waals surface area contributed by atoms with Gasteiger partial charge in [0, 0.05) is 16.5 Å².